The number of aromatic nitrogens is 2. The molecule has 6 heteroatoms. The average molecular weight is 282 g/mol. The molecule has 0 aliphatic rings. The molecule has 0 unspecified atom stereocenters. The molecule has 2 heterocycles. The molecule has 82 valence electrons. The molecule has 1 N–H and O–H groups in total. The van der Waals surface area contributed by atoms with Crippen molar-refractivity contribution in [2.75, 3.05) is 5.32 Å². The number of anilines is 1. The number of nitrogens with one attached hydrogen (secondary N) is 1. The van der Waals surface area contributed by atoms with E-state index in [0.29, 0.717) is 17.1 Å². The molecule has 0 radical (unpaired) electrons. The van der Waals surface area contributed by atoms with Gasteiger partial charge in [-0.3, -0.25) is 15.1 Å². The molecular formula is C10H8BrN3O2. The molecule has 0 saturated heterocycles. The summed E-state index contributed by atoms with van der Waals surface area (Å²) in [4.78, 5) is 15.6. The lowest BCUT2D eigenvalue weighted by Gasteiger charge is -2.00. The Labute approximate surface area is 100.0 Å². The zero-order valence-electron chi connectivity index (χ0n) is 8.40. The lowest BCUT2D eigenvalue weighted by atomic mass is 10.3. The van der Waals surface area contributed by atoms with Gasteiger partial charge in [0.15, 0.2) is 0 Å². The van der Waals surface area contributed by atoms with E-state index in [4.69, 9.17) is 4.52 Å². The fourth-order valence-electron chi connectivity index (χ4n) is 1.14. The summed E-state index contributed by atoms with van der Waals surface area (Å²) in [5.74, 6) is 0.0347. The molecule has 16 heavy (non-hydrogen) atoms. The van der Waals surface area contributed by atoms with Gasteiger partial charge in [0.25, 0.3) is 5.91 Å². The van der Waals surface area contributed by atoms with Crippen molar-refractivity contribution in [3.05, 3.63) is 40.3 Å². The molecule has 0 aromatic carbocycles. The molecule has 0 atom stereocenters. The van der Waals surface area contributed by atoms with Gasteiger partial charge in [0.1, 0.15) is 0 Å². The molecule has 2 aromatic rings. The molecule has 0 bridgehead atoms. The van der Waals surface area contributed by atoms with E-state index in [-0.39, 0.29) is 5.91 Å². The van der Waals surface area contributed by atoms with Crippen molar-refractivity contribution in [3.8, 4) is 0 Å². The Bertz CT molecular complexity index is 524. The third-order valence-corrected chi connectivity index (χ3v) is 2.27. The van der Waals surface area contributed by atoms with Gasteiger partial charge in [-0.15, -0.1) is 0 Å². The summed E-state index contributed by atoms with van der Waals surface area (Å²) in [6.45, 7) is 1.78. The van der Waals surface area contributed by atoms with Crippen LogP contribution in [0.3, 0.4) is 0 Å². The van der Waals surface area contributed by atoms with E-state index in [2.05, 4.69) is 31.4 Å². The Balaban J connectivity index is 2.14. The van der Waals surface area contributed by atoms with E-state index in [1.807, 2.05) is 0 Å². The minimum absolute atomic E-state index is 0.287. The highest BCUT2D eigenvalue weighted by Crippen LogP contribution is 2.13. The number of hydrogen-bond acceptors (Lipinski definition) is 4. The predicted molar refractivity (Wildman–Crippen MR) is 61.1 cm³/mol. The van der Waals surface area contributed by atoms with E-state index in [0.717, 1.165) is 4.47 Å². The van der Waals surface area contributed by atoms with Crippen molar-refractivity contribution in [2.24, 2.45) is 0 Å². The van der Waals surface area contributed by atoms with E-state index >= 15 is 0 Å². The number of carbonyl (C=O) groups excluding carboxylic acids is 1. The summed E-state index contributed by atoms with van der Waals surface area (Å²) in [7, 11) is 0. The van der Waals surface area contributed by atoms with Gasteiger partial charge in [-0.2, -0.15) is 0 Å². The van der Waals surface area contributed by atoms with Crippen LogP contribution in [0.15, 0.2) is 33.5 Å². The van der Waals surface area contributed by atoms with Crippen molar-refractivity contribution in [2.45, 2.75) is 6.92 Å². The highest BCUT2D eigenvalue weighted by molar-refractivity contribution is 9.10. The molecular weight excluding hydrogens is 274 g/mol. The first kappa shape index (κ1) is 10.8. The minimum atomic E-state index is -0.287. The highest BCUT2D eigenvalue weighted by atomic mass is 79.9. The standard InChI is InChI=1S/C10H8BrN3O2/c1-6-2-9(16-14-6)13-10(15)7-3-8(11)5-12-4-7/h2-5H,1H3,(H,13,15). The topological polar surface area (TPSA) is 68.0 Å². The van der Waals surface area contributed by atoms with E-state index < -0.39 is 0 Å². The Morgan fingerprint density at radius 2 is 2.25 bits per heavy atom. The predicted octanol–water partition coefficient (Wildman–Crippen LogP) is 2.39. The van der Waals surface area contributed by atoms with Crippen LogP contribution in [0.4, 0.5) is 5.88 Å². The van der Waals surface area contributed by atoms with Crippen LogP contribution in [-0.2, 0) is 0 Å². The lowest BCUT2D eigenvalue weighted by molar-refractivity contribution is 0.102. The number of halogens is 1. The Morgan fingerprint density at radius 3 is 2.88 bits per heavy atom. The van der Waals surface area contributed by atoms with Gasteiger partial charge in [-0.25, -0.2) is 0 Å². The SMILES string of the molecule is Cc1cc(NC(=O)c2cncc(Br)c2)on1. The smallest absolute Gasteiger partial charge is 0.259 e. The Morgan fingerprint density at radius 1 is 1.44 bits per heavy atom. The molecule has 0 fully saturated rings. The Hall–Kier alpha value is -1.69. The summed E-state index contributed by atoms with van der Waals surface area (Å²) in [6.07, 6.45) is 3.08. The fourth-order valence-corrected chi connectivity index (χ4v) is 1.51. The van der Waals surface area contributed by atoms with Crippen LogP contribution in [-0.4, -0.2) is 16.0 Å². The lowest BCUT2D eigenvalue weighted by Crippen LogP contribution is -2.11. The van der Waals surface area contributed by atoms with Crippen molar-refractivity contribution in [1.82, 2.24) is 10.1 Å². The second kappa shape index (κ2) is 4.44. The van der Waals surface area contributed by atoms with Crippen LogP contribution in [0.1, 0.15) is 16.1 Å². The molecule has 1 amide bonds. The number of pyridine rings is 1. The first-order chi connectivity index (χ1) is 7.65. The van der Waals surface area contributed by atoms with Gasteiger partial charge in [0.2, 0.25) is 5.88 Å². The van der Waals surface area contributed by atoms with Crippen LogP contribution in [0, 0.1) is 6.92 Å². The van der Waals surface area contributed by atoms with E-state index in [9.17, 15) is 4.79 Å². The molecule has 5 nitrogen and oxygen atoms in total. The first-order valence-corrected chi connectivity index (χ1v) is 5.29. The number of hydrogen-bond donors (Lipinski definition) is 1. The molecule has 2 rings (SSSR count). The van der Waals surface area contributed by atoms with Crippen LogP contribution in [0.2, 0.25) is 0 Å². The monoisotopic (exact) mass is 281 g/mol. The maximum Gasteiger partial charge on any atom is 0.259 e. The van der Waals surface area contributed by atoms with E-state index in [1.165, 1.54) is 6.20 Å². The number of aryl methyl sites for hydroxylation is 1. The highest BCUT2D eigenvalue weighted by Gasteiger charge is 2.09. The third-order valence-electron chi connectivity index (χ3n) is 1.83. The van der Waals surface area contributed by atoms with Gasteiger partial charge >= 0.3 is 0 Å². The molecule has 2 aromatic heterocycles. The zero-order valence-corrected chi connectivity index (χ0v) is 9.98. The number of nitrogens with zero attached hydrogens (tertiary/aromatic N) is 2. The number of amides is 1. The van der Waals surface area contributed by atoms with E-state index in [1.54, 1.807) is 25.3 Å². The van der Waals surface area contributed by atoms with Gasteiger partial charge in [-0.1, -0.05) is 5.16 Å². The average Bonchev–Trinajstić information content (AvgIpc) is 2.64. The summed E-state index contributed by atoms with van der Waals surface area (Å²) in [5, 5.41) is 6.24. The minimum Gasteiger partial charge on any atom is -0.338 e. The fraction of sp³-hybridized carbons (Fsp3) is 0.100. The number of rotatable bonds is 2. The van der Waals surface area contributed by atoms with Crippen molar-refractivity contribution in [3.63, 3.8) is 0 Å². The normalized spacial score (nSPS) is 10.1. The van der Waals surface area contributed by atoms with Gasteiger partial charge in [0.05, 0.1) is 11.3 Å². The van der Waals surface area contributed by atoms with Crippen molar-refractivity contribution < 1.29 is 9.32 Å². The summed E-state index contributed by atoms with van der Waals surface area (Å²) < 4.78 is 5.62. The van der Waals surface area contributed by atoms with Crippen LogP contribution in [0.25, 0.3) is 0 Å². The second-order valence-electron chi connectivity index (χ2n) is 3.18. The zero-order chi connectivity index (χ0) is 11.5. The maximum atomic E-state index is 11.7. The third kappa shape index (κ3) is 2.46. The van der Waals surface area contributed by atoms with Gasteiger partial charge < -0.3 is 4.52 Å². The van der Waals surface area contributed by atoms with Crippen molar-refractivity contribution in [1.29, 1.82) is 0 Å². The molecule has 0 saturated carbocycles. The van der Waals surface area contributed by atoms with Gasteiger partial charge in [0, 0.05) is 22.9 Å². The summed E-state index contributed by atoms with van der Waals surface area (Å²) >= 11 is 3.24. The summed E-state index contributed by atoms with van der Waals surface area (Å²) in [6, 6.07) is 3.31. The summed E-state index contributed by atoms with van der Waals surface area (Å²) in [5.41, 5.74) is 1.16. The molecule has 0 spiro atoms. The second-order valence-corrected chi connectivity index (χ2v) is 4.09. The maximum absolute atomic E-state index is 11.7. The van der Waals surface area contributed by atoms with Gasteiger partial charge in [-0.05, 0) is 28.9 Å². The van der Waals surface area contributed by atoms with Crippen LogP contribution < -0.4 is 5.32 Å². The quantitative estimate of drug-likeness (QED) is 0.918. The van der Waals surface area contributed by atoms with Crippen molar-refractivity contribution >= 4 is 27.7 Å². The molecule has 0 aliphatic carbocycles. The first-order valence-electron chi connectivity index (χ1n) is 4.50. The van der Waals surface area contributed by atoms with Crippen LogP contribution in [0.5, 0.6) is 0 Å². The molecule has 0 aliphatic heterocycles. The van der Waals surface area contributed by atoms with Crippen LogP contribution >= 0.6 is 15.9 Å². The Kier molecular flexibility index (Phi) is 3.00. The largest absolute Gasteiger partial charge is 0.338 e. The number of carbonyl (C=O) groups is 1.